The van der Waals surface area contributed by atoms with Crippen LogP contribution in [0.2, 0.25) is 0 Å². The van der Waals surface area contributed by atoms with Gasteiger partial charge in [0.1, 0.15) is 17.1 Å². The van der Waals surface area contributed by atoms with Gasteiger partial charge in [0.15, 0.2) is 5.76 Å². The van der Waals surface area contributed by atoms with Gasteiger partial charge >= 0.3 is 0 Å². The zero-order valence-corrected chi connectivity index (χ0v) is 20.5. The molecule has 34 heavy (non-hydrogen) atoms. The van der Waals surface area contributed by atoms with E-state index in [2.05, 4.69) is 41.9 Å². The van der Waals surface area contributed by atoms with Crippen LogP contribution in [0.25, 0.3) is 22.6 Å². The van der Waals surface area contributed by atoms with Crippen LogP contribution >= 0.6 is 0 Å². The number of hydrogen-bond donors (Lipinski definition) is 0. The Morgan fingerprint density at radius 2 is 1.88 bits per heavy atom. The Morgan fingerprint density at radius 1 is 1.03 bits per heavy atom. The molecule has 3 heterocycles. The zero-order chi connectivity index (χ0) is 23.5. The molecule has 1 fully saturated rings. The molecule has 0 spiro atoms. The second kappa shape index (κ2) is 10.1. The van der Waals surface area contributed by atoms with Crippen LogP contribution < -0.4 is 4.74 Å². The number of rotatable bonds is 8. The average molecular weight is 459 g/mol. The minimum absolute atomic E-state index is 0.517. The van der Waals surface area contributed by atoms with Crippen molar-refractivity contribution in [1.29, 1.82) is 0 Å². The van der Waals surface area contributed by atoms with Crippen LogP contribution in [-0.2, 0) is 6.42 Å². The Labute approximate surface area is 201 Å². The van der Waals surface area contributed by atoms with Crippen LogP contribution in [0.15, 0.2) is 57.5 Å². The Morgan fingerprint density at radius 3 is 2.65 bits per heavy atom. The average Bonchev–Trinajstić information content (AvgIpc) is 3.51. The van der Waals surface area contributed by atoms with Gasteiger partial charge in [-0.05, 0) is 80.9 Å². The summed E-state index contributed by atoms with van der Waals surface area (Å²) in [6.07, 6.45) is 6.05. The number of oxazole rings is 1. The number of benzene rings is 2. The summed E-state index contributed by atoms with van der Waals surface area (Å²) in [7, 11) is 0. The Bertz CT molecular complexity index is 1250. The van der Waals surface area contributed by atoms with Gasteiger partial charge in [-0.15, -0.1) is 0 Å². The van der Waals surface area contributed by atoms with Crippen molar-refractivity contribution in [2.24, 2.45) is 0 Å². The number of aromatic nitrogens is 1. The van der Waals surface area contributed by atoms with E-state index in [1.54, 1.807) is 6.20 Å². The number of nitrogens with zero attached hydrogens (tertiary/aromatic N) is 2. The van der Waals surface area contributed by atoms with Crippen molar-refractivity contribution < 1.29 is 13.6 Å². The second-order valence-corrected chi connectivity index (χ2v) is 9.43. The van der Waals surface area contributed by atoms with Crippen LogP contribution in [0.5, 0.6) is 5.75 Å². The standard InChI is InChI=1S/C29H34N2O3/c1-4-24-19-30-29(33-24)28-18-25-26(7-5-8-27(25)34-28)32-16-6-13-31-14-11-22(12-15-31)23-10-9-20(2)21(3)17-23/h5,7-10,17-19,22H,4,6,11-16H2,1-3H3. The molecule has 5 heteroatoms. The van der Waals surface area contributed by atoms with E-state index in [-0.39, 0.29) is 0 Å². The Hall–Kier alpha value is -3.05. The number of ether oxygens (including phenoxy) is 1. The lowest BCUT2D eigenvalue weighted by atomic mass is 9.88. The highest BCUT2D eigenvalue weighted by atomic mass is 16.5. The first-order valence-corrected chi connectivity index (χ1v) is 12.5. The zero-order valence-electron chi connectivity index (χ0n) is 20.5. The summed E-state index contributed by atoms with van der Waals surface area (Å²) in [5.41, 5.74) is 5.08. The highest BCUT2D eigenvalue weighted by Gasteiger charge is 2.21. The summed E-state index contributed by atoms with van der Waals surface area (Å²) >= 11 is 0. The van der Waals surface area contributed by atoms with E-state index in [0.717, 1.165) is 55.0 Å². The van der Waals surface area contributed by atoms with Crippen LogP contribution in [-0.4, -0.2) is 36.1 Å². The lowest BCUT2D eigenvalue weighted by molar-refractivity contribution is 0.193. The van der Waals surface area contributed by atoms with E-state index < -0.39 is 0 Å². The number of likely N-dealkylation sites (tertiary alicyclic amines) is 1. The van der Waals surface area contributed by atoms with Crippen LogP contribution in [0.3, 0.4) is 0 Å². The highest BCUT2D eigenvalue weighted by Crippen LogP contribution is 2.33. The van der Waals surface area contributed by atoms with E-state index in [1.807, 2.05) is 31.2 Å². The third-order valence-corrected chi connectivity index (χ3v) is 7.10. The maximum absolute atomic E-state index is 6.16. The summed E-state index contributed by atoms with van der Waals surface area (Å²) in [6, 6.07) is 14.9. The van der Waals surface area contributed by atoms with E-state index in [9.17, 15) is 0 Å². The fourth-order valence-corrected chi connectivity index (χ4v) is 4.83. The van der Waals surface area contributed by atoms with Crippen molar-refractivity contribution in [3.8, 4) is 17.4 Å². The summed E-state index contributed by atoms with van der Waals surface area (Å²) < 4.78 is 17.9. The molecule has 5 rings (SSSR count). The van der Waals surface area contributed by atoms with Gasteiger partial charge in [-0.1, -0.05) is 31.2 Å². The minimum Gasteiger partial charge on any atom is -0.493 e. The molecular formula is C29H34N2O3. The molecule has 1 aliphatic rings. The monoisotopic (exact) mass is 458 g/mol. The number of furan rings is 1. The topological polar surface area (TPSA) is 51.6 Å². The summed E-state index contributed by atoms with van der Waals surface area (Å²) in [5, 5.41) is 0.961. The van der Waals surface area contributed by atoms with Crippen molar-refractivity contribution in [2.75, 3.05) is 26.2 Å². The maximum atomic E-state index is 6.16. The van der Waals surface area contributed by atoms with Crippen LogP contribution in [0.4, 0.5) is 0 Å². The first-order chi connectivity index (χ1) is 16.6. The third kappa shape index (κ3) is 4.90. The molecule has 1 saturated heterocycles. The first-order valence-electron chi connectivity index (χ1n) is 12.5. The van der Waals surface area contributed by atoms with Gasteiger partial charge in [0.25, 0.3) is 5.89 Å². The van der Waals surface area contributed by atoms with Crippen molar-refractivity contribution >= 4 is 11.0 Å². The molecule has 2 aromatic heterocycles. The van der Waals surface area contributed by atoms with Gasteiger partial charge in [-0.2, -0.15) is 0 Å². The van der Waals surface area contributed by atoms with Crippen molar-refractivity contribution in [2.45, 2.75) is 52.4 Å². The summed E-state index contributed by atoms with van der Waals surface area (Å²) in [6.45, 7) is 10.5. The molecule has 0 saturated carbocycles. The summed E-state index contributed by atoms with van der Waals surface area (Å²) in [4.78, 5) is 6.91. The molecule has 0 bridgehead atoms. The quantitative estimate of drug-likeness (QED) is 0.268. The van der Waals surface area contributed by atoms with Crippen molar-refractivity contribution in [3.63, 3.8) is 0 Å². The molecular weight excluding hydrogens is 424 g/mol. The van der Waals surface area contributed by atoms with Crippen LogP contribution in [0.1, 0.15) is 54.6 Å². The fourth-order valence-electron chi connectivity index (χ4n) is 4.83. The molecule has 0 aliphatic carbocycles. The van der Waals surface area contributed by atoms with Gasteiger partial charge in [0.2, 0.25) is 0 Å². The van der Waals surface area contributed by atoms with E-state index >= 15 is 0 Å². The van der Waals surface area contributed by atoms with E-state index in [1.165, 1.54) is 29.5 Å². The van der Waals surface area contributed by atoms with Crippen LogP contribution in [0, 0.1) is 13.8 Å². The molecule has 0 radical (unpaired) electrons. The van der Waals surface area contributed by atoms with Gasteiger partial charge in [0.05, 0.1) is 18.2 Å². The molecule has 2 aromatic carbocycles. The van der Waals surface area contributed by atoms with Gasteiger partial charge in [0, 0.05) is 19.0 Å². The minimum atomic E-state index is 0.517. The van der Waals surface area contributed by atoms with Gasteiger partial charge in [-0.3, -0.25) is 0 Å². The molecule has 0 atom stereocenters. The van der Waals surface area contributed by atoms with E-state index in [4.69, 9.17) is 13.6 Å². The Balaban J connectivity index is 1.12. The van der Waals surface area contributed by atoms with Gasteiger partial charge < -0.3 is 18.5 Å². The largest absolute Gasteiger partial charge is 0.493 e. The first kappa shape index (κ1) is 22.7. The maximum Gasteiger partial charge on any atom is 0.263 e. The molecule has 4 aromatic rings. The highest BCUT2D eigenvalue weighted by molar-refractivity contribution is 5.87. The second-order valence-electron chi connectivity index (χ2n) is 9.43. The smallest absolute Gasteiger partial charge is 0.263 e. The number of piperidine rings is 1. The van der Waals surface area contributed by atoms with Crippen molar-refractivity contribution in [1.82, 2.24) is 9.88 Å². The SMILES string of the molecule is CCc1cnc(-c2cc3c(OCCCN4CCC(c5ccc(C)c(C)c5)CC4)cccc3o2)o1. The molecule has 0 unspecified atom stereocenters. The van der Waals surface area contributed by atoms with Crippen molar-refractivity contribution in [3.05, 3.63) is 71.1 Å². The van der Waals surface area contributed by atoms with E-state index in [0.29, 0.717) is 24.2 Å². The Kier molecular flexibility index (Phi) is 6.73. The predicted molar refractivity (Wildman–Crippen MR) is 136 cm³/mol. The molecule has 178 valence electrons. The predicted octanol–water partition coefficient (Wildman–Crippen LogP) is 6.92. The number of hydrogen-bond acceptors (Lipinski definition) is 5. The lowest BCUT2D eigenvalue weighted by Gasteiger charge is -2.32. The lowest BCUT2D eigenvalue weighted by Crippen LogP contribution is -2.34. The molecule has 1 aliphatic heterocycles. The number of fused-ring (bicyclic) bond motifs is 1. The molecule has 0 N–H and O–H groups in total. The molecule has 5 nitrogen and oxygen atoms in total. The number of aryl methyl sites for hydroxylation is 3. The van der Waals surface area contributed by atoms with Gasteiger partial charge in [-0.25, -0.2) is 4.98 Å². The fraction of sp³-hybridized carbons (Fsp3) is 0.414. The molecule has 0 amide bonds. The summed E-state index contributed by atoms with van der Waals surface area (Å²) in [5.74, 6) is 3.55. The normalized spacial score (nSPS) is 15.3. The third-order valence-electron chi connectivity index (χ3n) is 7.10.